The number of hydrogen-bond acceptors (Lipinski definition) is 3. The molecule has 0 spiro atoms. The number of rotatable bonds is 2. The first-order valence-electron chi connectivity index (χ1n) is 3.35. The molecular formula is C7H8ClNO3S. The highest BCUT2D eigenvalue weighted by atomic mass is 35.5. The Hall–Kier alpha value is -0.940. The van der Waals surface area contributed by atoms with Gasteiger partial charge in [0.25, 0.3) is 0 Å². The third-order valence-electron chi connectivity index (χ3n) is 1.26. The molecule has 1 rings (SSSR count). The molecule has 6 heteroatoms. The first-order valence-corrected chi connectivity index (χ1v) is 5.62. The van der Waals surface area contributed by atoms with Crippen molar-refractivity contribution in [1.29, 1.82) is 0 Å². The standard InChI is InChI=1S/C7H8ClNO3S/c1-13(11,12)9-6-3-2-5(8)4-7(6)10/h2-4,9-10H,1H3. The van der Waals surface area contributed by atoms with E-state index < -0.39 is 10.0 Å². The van der Waals surface area contributed by atoms with Crippen molar-refractivity contribution < 1.29 is 13.5 Å². The van der Waals surface area contributed by atoms with Crippen molar-refractivity contribution in [2.45, 2.75) is 0 Å². The minimum absolute atomic E-state index is 0.118. The SMILES string of the molecule is CS(=O)(=O)Nc1ccc(Cl)cc1O. The molecule has 0 aliphatic carbocycles. The maximum absolute atomic E-state index is 10.8. The van der Waals surface area contributed by atoms with E-state index in [0.29, 0.717) is 5.02 Å². The van der Waals surface area contributed by atoms with E-state index >= 15 is 0 Å². The molecular weight excluding hydrogens is 214 g/mol. The Kier molecular flexibility index (Phi) is 2.68. The molecule has 1 aromatic rings. The van der Waals surface area contributed by atoms with E-state index in [1.807, 2.05) is 0 Å². The Balaban J connectivity index is 3.04. The minimum atomic E-state index is -3.37. The van der Waals surface area contributed by atoms with Gasteiger partial charge in [-0.15, -0.1) is 0 Å². The van der Waals surface area contributed by atoms with Crippen LogP contribution in [0.25, 0.3) is 0 Å². The van der Waals surface area contributed by atoms with E-state index in [1.54, 1.807) is 0 Å². The van der Waals surface area contributed by atoms with Crippen LogP contribution in [-0.4, -0.2) is 19.8 Å². The molecule has 0 aliphatic rings. The Morgan fingerprint density at radius 1 is 1.46 bits per heavy atom. The quantitative estimate of drug-likeness (QED) is 0.743. The zero-order valence-corrected chi connectivity index (χ0v) is 8.35. The van der Waals surface area contributed by atoms with E-state index in [0.717, 1.165) is 6.26 Å². The Morgan fingerprint density at radius 3 is 2.54 bits per heavy atom. The van der Waals surface area contributed by atoms with Crippen molar-refractivity contribution in [1.82, 2.24) is 0 Å². The summed E-state index contributed by atoms with van der Waals surface area (Å²) < 4.78 is 23.7. The molecule has 0 saturated heterocycles. The molecule has 4 nitrogen and oxygen atoms in total. The lowest BCUT2D eigenvalue weighted by molar-refractivity contribution is 0.477. The van der Waals surface area contributed by atoms with Crippen molar-refractivity contribution in [3.8, 4) is 5.75 Å². The number of benzene rings is 1. The molecule has 0 amide bonds. The number of hydrogen-bond donors (Lipinski definition) is 2. The fraction of sp³-hybridized carbons (Fsp3) is 0.143. The van der Waals surface area contributed by atoms with Crippen molar-refractivity contribution in [2.24, 2.45) is 0 Å². The minimum Gasteiger partial charge on any atom is -0.506 e. The van der Waals surface area contributed by atoms with Crippen LogP contribution >= 0.6 is 11.6 Å². The summed E-state index contributed by atoms with van der Waals surface area (Å²) in [5, 5.41) is 9.59. The van der Waals surface area contributed by atoms with E-state index in [4.69, 9.17) is 11.6 Å². The van der Waals surface area contributed by atoms with Gasteiger partial charge in [-0.2, -0.15) is 0 Å². The highest BCUT2D eigenvalue weighted by Gasteiger charge is 2.06. The largest absolute Gasteiger partial charge is 0.506 e. The highest BCUT2D eigenvalue weighted by Crippen LogP contribution is 2.26. The second-order valence-electron chi connectivity index (χ2n) is 2.54. The molecule has 0 atom stereocenters. The van der Waals surface area contributed by atoms with Gasteiger partial charge >= 0.3 is 0 Å². The van der Waals surface area contributed by atoms with Gasteiger partial charge in [-0.25, -0.2) is 8.42 Å². The van der Waals surface area contributed by atoms with Crippen LogP contribution in [0.1, 0.15) is 0 Å². The Bertz CT molecular complexity index is 416. The summed E-state index contributed by atoms with van der Waals surface area (Å²) in [6.07, 6.45) is 1.00. The molecule has 0 heterocycles. The second-order valence-corrected chi connectivity index (χ2v) is 4.72. The van der Waals surface area contributed by atoms with Gasteiger partial charge in [-0.1, -0.05) is 11.6 Å². The lowest BCUT2D eigenvalue weighted by Crippen LogP contribution is -2.09. The second kappa shape index (κ2) is 3.43. The molecule has 2 N–H and O–H groups in total. The van der Waals surface area contributed by atoms with Crippen LogP contribution in [0, 0.1) is 0 Å². The lowest BCUT2D eigenvalue weighted by atomic mass is 10.3. The van der Waals surface area contributed by atoms with Crippen molar-refractivity contribution >= 4 is 27.3 Å². The summed E-state index contributed by atoms with van der Waals surface area (Å²) in [5.41, 5.74) is 0.118. The summed E-state index contributed by atoms with van der Waals surface area (Å²) in [6, 6.07) is 4.13. The van der Waals surface area contributed by atoms with Gasteiger partial charge in [0.15, 0.2) is 0 Å². The topological polar surface area (TPSA) is 66.4 Å². The van der Waals surface area contributed by atoms with Gasteiger partial charge in [0, 0.05) is 11.1 Å². The van der Waals surface area contributed by atoms with Gasteiger partial charge in [0.1, 0.15) is 5.75 Å². The van der Waals surface area contributed by atoms with Crippen LogP contribution in [0.15, 0.2) is 18.2 Å². The fourth-order valence-electron chi connectivity index (χ4n) is 0.791. The van der Waals surface area contributed by atoms with Crippen molar-refractivity contribution in [3.05, 3.63) is 23.2 Å². The number of sulfonamides is 1. The van der Waals surface area contributed by atoms with Crippen LogP contribution in [0.2, 0.25) is 5.02 Å². The number of nitrogens with one attached hydrogen (secondary N) is 1. The van der Waals surface area contributed by atoms with Crippen LogP contribution in [0.3, 0.4) is 0 Å². The first-order chi connectivity index (χ1) is 5.88. The molecule has 0 bridgehead atoms. The van der Waals surface area contributed by atoms with Gasteiger partial charge in [0.2, 0.25) is 10.0 Å². The van der Waals surface area contributed by atoms with Gasteiger partial charge < -0.3 is 5.11 Å². The highest BCUT2D eigenvalue weighted by molar-refractivity contribution is 7.92. The zero-order chi connectivity index (χ0) is 10.1. The summed E-state index contributed by atoms with van der Waals surface area (Å²) in [7, 11) is -3.37. The normalized spacial score (nSPS) is 11.2. The van der Waals surface area contributed by atoms with E-state index in [2.05, 4.69) is 4.72 Å². The predicted octanol–water partition coefficient (Wildman–Crippen LogP) is 1.42. The van der Waals surface area contributed by atoms with Crippen LogP contribution in [0.4, 0.5) is 5.69 Å². The average molecular weight is 222 g/mol. The zero-order valence-electron chi connectivity index (χ0n) is 6.78. The Labute approximate surface area is 81.2 Å². The van der Waals surface area contributed by atoms with Gasteiger partial charge in [0.05, 0.1) is 11.9 Å². The van der Waals surface area contributed by atoms with E-state index in [1.165, 1.54) is 18.2 Å². The Morgan fingerprint density at radius 2 is 2.08 bits per heavy atom. The summed E-state index contributed by atoms with van der Waals surface area (Å²) in [6.45, 7) is 0. The van der Waals surface area contributed by atoms with Crippen LogP contribution < -0.4 is 4.72 Å². The fourth-order valence-corrected chi connectivity index (χ4v) is 1.53. The molecule has 0 radical (unpaired) electrons. The number of halogens is 1. The average Bonchev–Trinajstić information content (AvgIpc) is 1.93. The molecule has 0 aromatic heterocycles. The van der Waals surface area contributed by atoms with Crippen LogP contribution in [0.5, 0.6) is 5.75 Å². The molecule has 1 aromatic carbocycles. The molecule has 0 saturated carbocycles. The third-order valence-corrected chi connectivity index (χ3v) is 2.08. The van der Waals surface area contributed by atoms with Crippen molar-refractivity contribution in [2.75, 3.05) is 11.0 Å². The molecule has 0 aliphatic heterocycles. The first kappa shape index (κ1) is 10.1. The van der Waals surface area contributed by atoms with Gasteiger partial charge in [-0.3, -0.25) is 4.72 Å². The van der Waals surface area contributed by atoms with Crippen LogP contribution in [-0.2, 0) is 10.0 Å². The van der Waals surface area contributed by atoms with E-state index in [9.17, 15) is 13.5 Å². The molecule has 0 fully saturated rings. The maximum atomic E-state index is 10.8. The van der Waals surface area contributed by atoms with Crippen molar-refractivity contribution in [3.63, 3.8) is 0 Å². The van der Waals surface area contributed by atoms with E-state index in [-0.39, 0.29) is 11.4 Å². The summed E-state index contributed by atoms with van der Waals surface area (Å²) in [5.74, 6) is -0.196. The smallest absolute Gasteiger partial charge is 0.229 e. The summed E-state index contributed by atoms with van der Waals surface area (Å²) >= 11 is 5.55. The predicted molar refractivity (Wildman–Crippen MR) is 51.6 cm³/mol. The monoisotopic (exact) mass is 221 g/mol. The van der Waals surface area contributed by atoms with Gasteiger partial charge in [-0.05, 0) is 12.1 Å². The third kappa shape index (κ3) is 3.12. The summed E-state index contributed by atoms with van der Waals surface area (Å²) in [4.78, 5) is 0. The molecule has 72 valence electrons. The number of phenols is 1. The number of aromatic hydroxyl groups is 1. The lowest BCUT2D eigenvalue weighted by Gasteiger charge is -2.05. The molecule has 0 unspecified atom stereocenters. The molecule has 13 heavy (non-hydrogen) atoms. The maximum Gasteiger partial charge on any atom is 0.229 e. The number of phenolic OH excluding ortho intramolecular Hbond substituents is 1. The number of anilines is 1.